The minimum absolute atomic E-state index is 0.00401. The summed E-state index contributed by atoms with van der Waals surface area (Å²) in [4.78, 5) is 12.0. The molecule has 2 aromatic carbocycles. The Morgan fingerprint density at radius 3 is 2.12 bits per heavy atom. The minimum atomic E-state index is -4.52. The highest BCUT2D eigenvalue weighted by molar-refractivity contribution is 5.55. The van der Waals surface area contributed by atoms with Gasteiger partial charge in [-0.15, -0.1) is 0 Å². The van der Waals surface area contributed by atoms with Gasteiger partial charge in [-0.2, -0.15) is 41.3 Å². The van der Waals surface area contributed by atoms with Gasteiger partial charge < -0.3 is 10.1 Å². The number of nitrogens with one attached hydrogen (secondary N) is 3. The highest BCUT2D eigenvalue weighted by atomic mass is 19.4. The Hall–Kier alpha value is -3.61. The molecule has 0 aliphatic rings. The number of anilines is 3. The predicted octanol–water partition coefficient (Wildman–Crippen LogP) is 5.17. The van der Waals surface area contributed by atoms with Crippen molar-refractivity contribution in [3.05, 3.63) is 65.2 Å². The molecule has 0 atom stereocenters. The Bertz CT molecular complexity index is 1090. The fourth-order valence-corrected chi connectivity index (χ4v) is 2.65. The summed E-state index contributed by atoms with van der Waals surface area (Å²) >= 11 is 0. The first-order valence-electron chi connectivity index (χ1n) is 9.53. The van der Waals surface area contributed by atoms with Crippen LogP contribution in [0.25, 0.3) is 0 Å². The molecule has 0 radical (unpaired) electrons. The summed E-state index contributed by atoms with van der Waals surface area (Å²) in [5.41, 5.74) is 4.09. The van der Waals surface area contributed by atoms with Crippen LogP contribution in [0.2, 0.25) is 0 Å². The van der Waals surface area contributed by atoms with E-state index in [4.69, 9.17) is 4.74 Å². The van der Waals surface area contributed by atoms with E-state index in [0.29, 0.717) is 5.56 Å². The topological polar surface area (TPSA) is 84.0 Å². The van der Waals surface area contributed by atoms with Crippen LogP contribution in [0.15, 0.2) is 48.5 Å². The van der Waals surface area contributed by atoms with Gasteiger partial charge in [0, 0.05) is 12.2 Å². The maximum atomic E-state index is 12.9. The van der Waals surface area contributed by atoms with Crippen LogP contribution in [-0.4, -0.2) is 21.6 Å². The predicted molar refractivity (Wildman–Crippen MR) is 108 cm³/mol. The second kappa shape index (κ2) is 9.90. The van der Waals surface area contributed by atoms with E-state index in [0.717, 1.165) is 24.3 Å². The molecular weight excluding hydrogens is 454 g/mol. The Kier molecular flexibility index (Phi) is 7.21. The first-order valence-corrected chi connectivity index (χ1v) is 9.53. The first kappa shape index (κ1) is 24.0. The van der Waals surface area contributed by atoms with Gasteiger partial charge in [0.2, 0.25) is 11.9 Å². The highest BCUT2D eigenvalue weighted by Gasteiger charge is 2.31. The molecule has 0 amide bonds. The van der Waals surface area contributed by atoms with Crippen molar-refractivity contribution in [1.29, 1.82) is 0 Å². The van der Waals surface area contributed by atoms with Crippen LogP contribution in [0.4, 0.5) is 43.9 Å². The summed E-state index contributed by atoms with van der Waals surface area (Å²) in [6.45, 7) is 1.89. The molecule has 13 heteroatoms. The Morgan fingerprint density at radius 2 is 1.45 bits per heavy atom. The fourth-order valence-electron chi connectivity index (χ4n) is 2.65. The van der Waals surface area contributed by atoms with Crippen molar-refractivity contribution in [3.63, 3.8) is 0 Å². The van der Waals surface area contributed by atoms with Crippen LogP contribution in [0.1, 0.15) is 23.6 Å². The lowest BCUT2D eigenvalue weighted by molar-refractivity contribution is -0.138. The second-order valence-corrected chi connectivity index (χ2v) is 6.58. The summed E-state index contributed by atoms with van der Waals surface area (Å²) in [5.74, 6) is -0.161. The lowest BCUT2D eigenvalue weighted by Gasteiger charge is -2.13. The molecule has 1 aromatic heterocycles. The van der Waals surface area contributed by atoms with Crippen molar-refractivity contribution in [3.8, 4) is 6.01 Å². The summed E-state index contributed by atoms with van der Waals surface area (Å²) in [6, 6.07) is 9.08. The van der Waals surface area contributed by atoms with E-state index in [9.17, 15) is 26.3 Å². The van der Waals surface area contributed by atoms with Crippen LogP contribution in [0, 0.1) is 0 Å². The van der Waals surface area contributed by atoms with Crippen molar-refractivity contribution in [1.82, 2.24) is 20.4 Å². The molecule has 0 unspecified atom stereocenters. The van der Waals surface area contributed by atoms with Crippen LogP contribution < -0.4 is 20.9 Å². The lowest BCUT2D eigenvalue weighted by atomic mass is 10.1. The summed E-state index contributed by atoms with van der Waals surface area (Å²) in [5, 5.41) is 2.65. The molecule has 3 N–H and O–H groups in total. The van der Waals surface area contributed by atoms with Gasteiger partial charge in [0.15, 0.2) is 0 Å². The molecule has 3 rings (SSSR count). The van der Waals surface area contributed by atoms with Crippen LogP contribution in [0.5, 0.6) is 6.01 Å². The monoisotopic (exact) mass is 472 g/mol. The van der Waals surface area contributed by atoms with Gasteiger partial charge >= 0.3 is 18.4 Å². The van der Waals surface area contributed by atoms with Gasteiger partial charge in [-0.3, -0.25) is 5.43 Å². The van der Waals surface area contributed by atoms with Crippen LogP contribution in [0.3, 0.4) is 0 Å². The number of hydrogen-bond acceptors (Lipinski definition) is 7. The average molecular weight is 472 g/mol. The molecule has 0 aliphatic heterocycles. The molecule has 0 fully saturated rings. The zero-order chi connectivity index (χ0) is 24.1. The largest absolute Gasteiger partial charge is 0.464 e. The number of nitrogens with zero attached hydrogens (tertiary/aromatic N) is 3. The van der Waals surface area contributed by atoms with E-state index in [2.05, 4.69) is 31.1 Å². The maximum absolute atomic E-state index is 12.9. The third-order valence-corrected chi connectivity index (χ3v) is 4.08. The Morgan fingerprint density at radius 1 is 0.818 bits per heavy atom. The number of rotatable bonds is 8. The number of hydrogen-bond donors (Lipinski definition) is 3. The standard InChI is InChI=1S/C20H18F6N6O/c1-2-33-18-30-16(28-15-8-4-7-14(10-15)20(24,25)26)29-17(31-18)32-27-11-12-5-3-6-13(9-12)19(21,22)23/h3-10,27H,2,11H2,1H3,(H2,28,29,30,31,32). The SMILES string of the molecule is CCOc1nc(NNCc2cccc(C(F)(F)F)c2)nc(Nc2cccc(C(F)(F)F)c2)n1. The molecule has 0 aliphatic carbocycles. The molecule has 176 valence electrons. The Labute approximate surface area is 184 Å². The van der Waals surface area contributed by atoms with Gasteiger partial charge in [0.1, 0.15) is 0 Å². The molecule has 0 saturated carbocycles. The van der Waals surface area contributed by atoms with Gasteiger partial charge in [-0.05, 0) is 36.8 Å². The number of alkyl halides is 6. The van der Waals surface area contributed by atoms with E-state index in [1.807, 2.05) is 0 Å². The zero-order valence-electron chi connectivity index (χ0n) is 17.1. The van der Waals surface area contributed by atoms with Crippen LogP contribution >= 0.6 is 0 Å². The van der Waals surface area contributed by atoms with Crippen molar-refractivity contribution in [2.45, 2.75) is 25.8 Å². The van der Waals surface area contributed by atoms with Gasteiger partial charge in [-0.1, -0.05) is 24.3 Å². The van der Waals surface area contributed by atoms with Gasteiger partial charge in [0.05, 0.1) is 17.7 Å². The molecule has 0 saturated heterocycles. The van der Waals surface area contributed by atoms with E-state index in [1.165, 1.54) is 24.3 Å². The summed E-state index contributed by atoms with van der Waals surface area (Å²) < 4.78 is 82.6. The van der Waals surface area contributed by atoms with E-state index in [1.54, 1.807) is 6.92 Å². The second-order valence-electron chi connectivity index (χ2n) is 6.58. The summed E-state index contributed by atoms with van der Waals surface area (Å²) in [6.07, 6.45) is -8.98. The molecule has 1 heterocycles. The number of benzene rings is 2. The van der Waals surface area contributed by atoms with Gasteiger partial charge in [0.25, 0.3) is 0 Å². The van der Waals surface area contributed by atoms with Crippen molar-refractivity contribution >= 4 is 17.6 Å². The van der Waals surface area contributed by atoms with Gasteiger partial charge in [-0.25, -0.2) is 5.43 Å². The normalized spacial score (nSPS) is 11.8. The van der Waals surface area contributed by atoms with Crippen molar-refractivity contribution < 1.29 is 31.1 Å². The van der Waals surface area contributed by atoms with Crippen LogP contribution in [-0.2, 0) is 18.9 Å². The number of halogens is 6. The van der Waals surface area contributed by atoms with Crippen molar-refractivity contribution in [2.24, 2.45) is 0 Å². The number of ether oxygens (including phenoxy) is 1. The summed E-state index contributed by atoms with van der Waals surface area (Å²) in [7, 11) is 0. The van der Waals surface area contributed by atoms with Crippen molar-refractivity contribution in [2.75, 3.05) is 17.3 Å². The zero-order valence-corrected chi connectivity index (χ0v) is 17.1. The minimum Gasteiger partial charge on any atom is -0.464 e. The number of hydrazine groups is 1. The first-order chi connectivity index (χ1) is 15.5. The van der Waals surface area contributed by atoms with E-state index < -0.39 is 23.5 Å². The maximum Gasteiger partial charge on any atom is 0.416 e. The third kappa shape index (κ3) is 6.94. The molecule has 0 spiro atoms. The molecular formula is C20H18F6N6O. The molecule has 0 bridgehead atoms. The molecule has 3 aromatic rings. The third-order valence-electron chi connectivity index (χ3n) is 4.08. The quantitative estimate of drug-likeness (QED) is 0.308. The average Bonchev–Trinajstić information content (AvgIpc) is 2.73. The smallest absolute Gasteiger partial charge is 0.416 e. The number of aromatic nitrogens is 3. The lowest BCUT2D eigenvalue weighted by Crippen LogP contribution is -2.23. The molecule has 33 heavy (non-hydrogen) atoms. The highest BCUT2D eigenvalue weighted by Crippen LogP contribution is 2.31. The van der Waals surface area contributed by atoms with E-state index >= 15 is 0 Å². The molecule has 7 nitrogen and oxygen atoms in total. The Balaban J connectivity index is 1.73. The fraction of sp³-hybridized carbons (Fsp3) is 0.250. The van der Waals surface area contributed by atoms with E-state index in [-0.39, 0.29) is 36.7 Å².